The monoisotopic (exact) mass is 302 g/mol. The van der Waals surface area contributed by atoms with Crippen molar-refractivity contribution in [1.29, 1.82) is 0 Å². The first kappa shape index (κ1) is 16.0. The van der Waals surface area contributed by atoms with Gasteiger partial charge in [-0.1, -0.05) is 24.2 Å². The van der Waals surface area contributed by atoms with Gasteiger partial charge in [-0.2, -0.15) is 4.98 Å². The van der Waals surface area contributed by atoms with Crippen LogP contribution in [0.1, 0.15) is 43.6 Å². The number of likely N-dealkylation sites (N-methyl/N-ethyl adjacent to an activating group) is 1. The van der Waals surface area contributed by atoms with Gasteiger partial charge in [-0.05, 0) is 31.0 Å². The molecule has 1 amide bonds. The predicted molar refractivity (Wildman–Crippen MR) is 84.5 cm³/mol. The second kappa shape index (κ2) is 7.59. The minimum Gasteiger partial charge on any atom is -0.374 e. The van der Waals surface area contributed by atoms with E-state index in [1.54, 1.807) is 7.05 Å². The number of aryl methyl sites for hydroxylation is 1. The summed E-state index contributed by atoms with van der Waals surface area (Å²) < 4.78 is 5.27. The molecule has 1 unspecified atom stereocenters. The molecule has 2 aromatic rings. The number of amides is 1. The Labute approximate surface area is 130 Å². The van der Waals surface area contributed by atoms with Gasteiger partial charge >= 0.3 is 0 Å². The Morgan fingerprint density at radius 3 is 2.68 bits per heavy atom. The van der Waals surface area contributed by atoms with E-state index in [0.717, 1.165) is 29.9 Å². The van der Waals surface area contributed by atoms with Crippen molar-refractivity contribution in [1.82, 2.24) is 15.5 Å². The minimum atomic E-state index is -0.0668. The third-order valence-electron chi connectivity index (χ3n) is 3.31. The molecule has 6 heteroatoms. The SMILES string of the molecule is CCCc1noc(C(C)Nc2ccc(CC(=O)NC)cc2)n1. The van der Waals surface area contributed by atoms with Crippen LogP contribution in [0.2, 0.25) is 0 Å². The highest BCUT2D eigenvalue weighted by molar-refractivity contribution is 5.78. The van der Waals surface area contributed by atoms with Gasteiger partial charge in [0.25, 0.3) is 0 Å². The van der Waals surface area contributed by atoms with E-state index in [-0.39, 0.29) is 11.9 Å². The number of nitrogens with one attached hydrogen (secondary N) is 2. The van der Waals surface area contributed by atoms with Gasteiger partial charge < -0.3 is 15.2 Å². The van der Waals surface area contributed by atoms with Gasteiger partial charge in [0.2, 0.25) is 11.8 Å². The molecule has 6 nitrogen and oxygen atoms in total. The second-order valence-electron chi connectivity index (χ2n) is 5.21. The Balaban J connectivity index is 1.95. The first-order chi connectivity index (χ1) is 10.6. The zero-order chi connectivity index (χ0) is 15.9. The molecule has 2 rings (SSSR count). The Hall–Kier alpha value is -2.37. The lowest BCUT2D eigenvalue weighted by atomic mass is 10.1. The fraction of sp³-hybridized carbons (Fsp3) is 0.438. The van der Waals surface area contributed by atoms with Crippen LogP contribution in [0.25, 0.3) is 0 Å². The average Bonchev–Trinajstić information content (AvgIpc) is 2.98. The number of nitrogens with zero attached hydrogens (tertiary/aromatic N) is 2. The molecule has 0 aliphatic rings. The van der Waals surface area contributed by atoms with Crippen molar-refractivity contribution < 1.29 is 9.32 Å². The van der Waals surface area contributed by atoms with Gasteiger partial charge in [0.15, 0.2) is 5.82 Å². The molecule has 0 spiro atoms. The van der Waals surface area contributed by atoms with Crippen molar-refractivity contribution in [2.75, 3.05) is 12.4 Å². The fourth-order valence-electron chi connectivity index (χ4n) is 2.07. The third kappa shape index (κ3) is 4.31. The largest absolute Gasteiger partial charge is 0.374 e. The maximum atomic E-state index is 11.3. The summed E-state index contributed by atoms with van der Waals surface area (Å²) in [6.45, 7) is 4.06. The molecule has 0 fully saturated rings. The predicted octanol–water partition coefficient (Wildman–Crippen LogP) is 2.48. The molecule has 22 heavy (non-hydrogen) atoms. The van der Waals surface area contributed by atoms with Crippen LogP contribution in [0.4, 0.5) is 5.69 Å². The molecule has 0 aliphatic carbocycles. The molecule has 0 aliphatic heterocycles. The number of hydrogen-bond donors (Lipinski definition) is 2. The van der Waals surface area contributed by atoms with Crippen LogP contribution in [0.3, 0.4) is 0 Å². The van der Waals surface area contributed by atoms with Crippen LogP contribution in [0, 0.1) is 0 Å². The summed E-state index contributed by atoms with van der Waals surface area (Å²) >= 11 is 0. The number of anilines is 1. The Bertz CT molecular complexity index is 607. The topological polar surface area (TPSA) is 80.0 Å². The Morgan fingerprint density at radius 2 is 2.05 bits per heavy atom. The number of carbonyl (C=O) groups excluding carboxylic acids is 1. The summed E-state index contributed by atoms with van der Waals surface area (Å²) in [5.74, 6) is 1.33. The smallest absolute Gasteiger partial charge is 0.248 e. The van der Waals surface area contributed by atoms with Gasteiger partial charge in [0.05, 0.1) is 6.42 Å². The summed E-state index contributed by atoms with van der Waals surface area (Å²) in [5.41, 5.74) is 1.92. The van der Waals surface area contributed by atoms with Gasteiger partial charge in [0, 0.05) is 19.2 Å². The van der Waals surface area contributed by atoms with Crippen molar-refractivity contribution in [3.63, 3.8) is 0 Å². The number of aromatic nitrogens is 2. The molecule has 0 saturated carbocycles. The van der Waals surface area contributed by atoms with E-state index in [0.29, 0.717) is 12.3 Å². The van der Waals surface area contributed by atoms with Crippen molar-refractivity contribution in [2.45, 2.75) is 39.2 Å². The molecule has 1 heterocycles. The van der Waals surface area contributed by atoms with Gasteiger partial charge in [-0.15, -0.1) is 0 Å². The first-order valence-corrected chi connectivity index (χ1v) is 7.51. The molecule has 1 aromatic heterocycles. The van der Waals surface area contributed by atoms with Crippen LogP contribution in [-0.4, -0.2) is 23.1 Å². The van der Waals surface area contributed by atoms with Crippen LogP contribution >= 0.6 is 0 Å². The zero-order valence-electron chi connectivity index (χ0n) is 13.2. The van der Waals surface area contributed by atoms with Gasteiger partial charge in [-0.3, -0.25) is 4.79 Å². The minimum absolute atomic E-state index is 0.00314. The number of rotatable bonds is 7. The normalized spacial score (nSPS) is 12.0. The second-order valence-corrected chi connectivity index (χ2v) is 5.21. The molecule has 1 atom stereocenters. The average molecular weight is 302 g/mol. The molecule has 2 N–H and O–H groups in total. The van der Waals surface area contributed by atoms with Crippen LogP contribution in [-0.2, 0) is 17.6 Å². The number of benzene rings is 1. The Morgan fingerprint density at radius 1 is 1.32 bits per heavy atom. The molecule has 1 aromatic carbocycles. The lowest BCUT2D eigenvalue weighted by Crippen LogP contribution is -2.19. The molecule has 0 radical (unpaired) electrons. The van der Waals surface area contributed by atoms with Crippen molar-refractivity contribution in [2.24, 2.45) is 0 Å². The maximum Gasteiger partial charge on any atom is 0.248 e. The highest BCUT2D eigenvalue weighted by Crippen LogP contribution is 2.18. The summed E-state index contributed by atoms with van der Waals surface area (Å²) in [6.07, 6.45) is 2.20. The van der Waals surface area contributed by atoms with E-state index in [9.17, 15) is 4.79 Å². The quantitative estimate of drug-likeness (QED) is 0.821. The van der Waals surface area contributed by atoms with E-state index in [1.165, 1.54) is 0 Å². The van der Waals surface area contributed by atoms with Crippen molar-refractivity contribution in [3.8, 4) is 0 Å². The summed E-state index contributed by atoms with van der Waals surface area (Å²) in [5, 5.41) is 9.88. The van der Waals surface area contributed by atoms with Crippen molar-refractivity contribution in [3.05, 3.63) is 41.5 Å². The van der Waals surface area contributed by atoms with Gasteiger partial charge in [-0.25, -0.2) is 0 Å². The lowest BCUT2D eigenvalue weighted by Gasteiger charge is -2.11. The van der Waals surface area contributed by atoms with E-state index >= 15 is 0 Å². The zero-order valence-corrected chi connectivity index (χ0v) is 13.2. The fourth-order valence-corrected chi connectivity index (χ4v) is 2.07. The number of carbonyl (C=O) groups is 1. The Kier molecular flexibility index (Phi) is 5.52. The summed E-state index contributed by atoms with van der Waals surface area (Å²) in [7, 11) is 1.64. The maximum absolute atomic E-state index is 11.3. The first-order valence-electron chi connectivity index (χ1n) is 7.51. The van der Waals surface area contributed by atoms with Crippen molar-refractivity contribution >= 4 is 11.6 Å². The molecular weight excluding hydrogens is 280 g/mol. The molecule has 0 bridgehead atoms. The standard InChI is InChI=1S/C16H22N4O2/c1-4-5-14-19-16(22-20-14)11(2)18-13-8-6-12(7-9-13)10-15(21)17-3/h6-9,11,18H,4-5,10H2,1-3H3,(H,17,21). The van der Waals surface area contributed by atoms with E-state index in [4.69, 9.17) is 4.52 Å². The highest BCUT2D eigenvalue weighted by Gasteiger charge is 2.13. The lowest BCUT2D eigenvalue weighted by molar-refractivity contribution is -0.119. The van der Waals surface area contributed by atoms with Crippen LogP contribution < -0.4 is 10.6 Å². The van der Waals surface area contributed by atoms with Crippen LogP contribution in [0.15, 0.2) is 28.8 Å². The number of hydrogen-bond acceptors (Lipinski definition) is 5. The van der Waals surface area contributed by atoms with Crippen LogP contribution in [0.5, 0.6) is 0 Å². The molecular formula is C16H22N4O2. The highest BCUT2D eigenvalue weighted by atomic mass is 16.5. The summed E-state index contributed by atoms with van der Waals surface area (Å²) in [4.78, 5) is 15.7. The molecule has 118 valence electrons. The molecule has 0 saturated heterocycles. The summed E-state index contributed by atoms with van der Waals surface area (Å²) in [6, 6.07) is 7.68. The third-order valence-corrected chi connectivity index (χ3v) is 3.31. The van der Waals surface area contributed by atoms with Gasteiger partial charge in [0.1, 0.15) is 6.04 Å². The van der Waals surface area contributed by atoms with E-state index in [2.05, 4.69) is 27.7 Å². The van der Waals surface area contributed by atoms with E-state index < -0.39 is 0 Å². The van der Waals surface area contributed by atoms with E-state index in [1.807, 2.05) is 31.2 Å².